The molecule has 5 nitrogen and oxygen atoms in total. The minimum Gasteiger partial charge on any atom is -0.454 e. The number of amides is 1. The molecular weight excluding hydrogens is 313 g/mol. The Morgan fingerprint density at radius 1 is 1.04 bits per heavy atom. The highest BCUT2D eigenvalue weighted by molar-refractivity contribution is 5.93. The number of anilines is 2. The van der Waals surface area contributed by atoms with E-state index in [0.717, 1.165) is 12.1 Å². The fourth-order valence-electron chi connectivity index (χ4n) is 2.01. The summed E-state index contributed by atoms with van der Waals surface area (Å²) in [6.45, 7) is -0.0627. The zero-order valence-electron chi connectivity index (χ0n) is 11.7. The Kier molecular flexibility index (Phi) is 3.96. The highest BCUT2D eigenvalue weighted by Crippen LogP contribution is 2.34. The number of fused-ring (bicyclic) bond motifs is 1. The Labute approximate surface area is 129 Å². The predicted molar refractivity (Wildman–Crippen MR) is 76.0 cm³/mol. The van der Waals surface area contributed by atoms with Crippen molar-refractivity contribution in [3.8, 4) is 11.5 Å². The number of carbonyl (C=O) groups is 1. The maximum atomic E-state index is 13.5. The molecule has 0 unspecified atom stereocenters. The molecule has 2 aromatic carbocycles. The maximum Gasteiger partial charge on any atom is 0.243 e. The quantitative estimate of drug-likeness (QED) is 0.849. The number of hydrogen-bond donors (Lipinski definition) is 2. The topological polar surface area (TPSA) is 59.6 Å². The molecule has 1 aliphatic heterocycles. The summed E-state index contributed by atoms with van der Waals surface area (Å²) in [5, 5.41) is 4.96. The average Bonchev–Trinajstić information content (AvgIpc) is 3.01. The van der Waals surface area contributed by atoms with Crippen LogP contribution in [0.5, 0.6) is 11.5 Å². The van der Waals surface area contributed by atoms with E-state index >= 15 is 0 Å². The van der Waals surface area contributed by atoms with Crippen LogP contribution in [0, 0.1) is 17.5 Å². The second-order valence-corrected chi connectivity index (χ2v) is 4.69. The van der Waals surface area contributed by atoms with E-state index in [1.807, 2.05) is 0 Å². The normalized spacial score (nSPS) is 12.1. The molecule has 23 heavy (non-hydrogen) atoms. The van der Waals surface area contributed by atoms with Crippen LogP contribution in [0.2, 0.25) is 0 Å². The summed E-state index contributed by atoms with van der Waals surface area (Å²) in [5.74, 6) is -3.87. The van der Waals surface area contributed by atoms with Gasteiger partial charge in [-0.3, -0.25) is 4.79 Å². The van der Waals surface area contributed by atoms with E-state index in [9.17, 15) is 18.0 Å². The first-order chi connectivity index (χ1) is 11.0. The van der Waals surface area contributed by atoms with Crippen molar-refractivity contribution in [1.82, 2.24) is 0 Å². The lowest BCUT2D eigenvalue weighted by molar-refractivity contribution is -0.114. The van der Waals surface area contributed by atoms with E-state index in [0.29, 0.717) is 17.2 Å². The van der Waals surface area contributed by atoms with E-state index in [1.54, 1.807) is 18.2 Å². The number of hydrogen-bond acceptors (Lipinski definition) is 4. The third kappa shape index (κ3) is 3.15. The van der Waals surface area contributed by atoms with E-state index < -0.39 is 29.0 Å². The van der Waals surface area contributed by atoms with Crippen molar-refractivity contribution in [3.63, 3.8) is 0 Å². The molecule has 8 heteroatoms. The summed E-state index contributed by atoms with van der Waals surface area (Å²) in [7, 11) is 0. The van der Waals surface area contributed by atoms with Crippen molar-refractivity contribution in [2.75, 3.05) is 24.0 Å². The number of halogens is 3. The van der Waals surface area contributed by atoms with Gasteiger partial charge in [-0.05, 0) is 24.3 Å². The molecule has 1 heterocycles. The van der Waals surface area contributed by atoms with Gasteiger partial charge in [0.1, 0.15) is 0 Å². The summed E-state index contributed by atoms with van der Waals surface area (Å²) in [4.78, 5) is 11.8. The van der Waals surface area contributed by atoms with Gasteiger partial charge in [0, 0.05) is 11.8 Å². The van der Waals surface area contributed by atoms with Gasteiger partial charge in [-0.25, -0.2) is 13.2 Å². The largest absolute Gasteiger partial charge is 0.454 e. The molecule has 0 bridgehead atoms. The zero-order valence-corrected chi connectivity index (χ0v) is 11.7. The molecule has 3 rings (SSSR count). The minimum atomic E-state index is -1.63. The van der Waals surface area contributed by atoms with Gasteiger partial charge in [0.2, 0.25) is 12.7 Å². The molecule has 0 atom stereocenters. The third-order valence-corrected chi connectivity index (χ3v) is 3.13. The lowest BCUT2D eigenvalue weighted by Gasteiger charge is -2.09. The fraction of sp³-hybridized carbons (Fsp3) is 0.133. The van der Waals surface area contributed by atoms with Crippen LogP contribution in [0.3, 0.4) is 0 Å². The standard InChI is InChI=1S/C15H11F3N2O3/c16-9-2-3-10(15(18)14(9)17)20-13(21)6-19-8-1-4-11-12(5-8)23-7-22-11/h1-5,19H,6-7H2,(H,20,21). The molecule has 1 aliphatic rings. The van der Waals surface area contributed by atoms with Crippen LogP contribution < -0.4 is 20.1 Å². The average molecular weight is 324 g/mol. The van der Waals surface area contributed by atoms with Crippen LogP contribution in [0.25, 0.3) is 0 Å². The number of nitrogens with one attached hydrogen (secondary N) is 2. The highest BCUT2D eigenvalue weighted by Gasteiger charge is 2.16. The molecule has 2 N–H and O–H groups in total. The smallest absolute Gasteiger partial charge is 0.243 e. The van der Waals surface area contributed by atoms with Gasteiger partial charge >= 0.3 is 0 Å². The molecule has 1 amide bonds. The molecule has 0 aromatic heterocycles. The SMILES string of the molecule is O=C(CNc1ccc2c(c1)OCO2)Nc1ccc(F)c(F)c1F. The Morgan fingerprint density at radius 3 is 2.65 bits per heavy atom. The van der Waals surface area contributed by atoms with Gasteiger partial charge in [0.25, 0.3) is 0 Å². The third-order valence-electron chi connectivity index (χ3n) is 3.13. The summed E-state index contributed by atoms with van der Waals surface area (Å²) < 4.78 is 49.7. The maximum absolute atomic E-state index is 13.5. The number of benzene rings is 2. The Morgan fingerprint density at radius 2 is 1.83 bits per heavy atom. The van der Waals surface area contributed by atoms with Crippen LogP contribution in [0.1, 0.15) is 0 Å². The molecular formula is C15H11F3N2O3. The number of ether oxygens (including phenoxy) is 2. The summed E-state index contributed by atoms with van der Waals surface area (Å²) in [6.07, 6.45) is 0. The first kappa shape index (κ1) is 15.0. The van der Waals surface area contributed by atoms with Crippen LogP contribution in [0.15, 0.2) is 30.3 Å². The fourth-order valence-corrected chi connectivity index (χ4v) is 2.01. The zero-order chi connectivity index (χ0) is 16.4. The van der Waals surface area contributed by atoms with Crippen LogP contribution in [-0.4, -0.2) is 19.2 Å². The molecule has 0 fully saturated rings. The van der Waals surface area contributed by atoms with Crippen molar-refractivity contribution in [1.29, 1.82) is 0 Å². The second kappa shape index (κ2) is 6.07. The summed E-state index contributed by atoms with van der Waals surface area (Å²) >= 11 is 0. The number of rotatable bonds is 4. The Bertz CT molecular complexity index is 768. The van der Waals surface area contributed by atoms with Gasteiger partial charge in [0.05, 0.1) is 12.2 Å². The second-order valence-electron chi connectivity index (χ2n) is 4.69. The highest BCUT2D eigenvalue weighted by atomic mass is 19.2. The van der Waals surface area contributed by atoms with Crippen molar-refractivity contribution >= 4 is 17.3 Å². The van der Waals surface area contributed by atoms with E-state index in [2.05, 4.69) is 10.6 Å². The minimum absolute atomic E-state index is 0.134. The molecule has 0 saturated carbocycles. The predicted octanol–water partition coefficient (Wildman–Crippen LogP) is 2.88. The van der Waals surface area contributed by atoms with Gasteiger partial charge in [-0.2, -0.15) is 0 Å². The first-order valence-corrected chi connectivity index (χ1v) is 6.61. The number of carbonyl (C=O) groups excluding carboxylic acids is 1. The van der Waals surface area contributed by atoms with Crippen molar-refractivity contribution < 1.29 is 27.4 Å². The van der Waals surface area contributed by atoms with Gasteiger partial charge < -0.3 is 20.1 Å². The first-order valence-electron chi connectivity index (χ1n) is 6.61. The lowest BCUT2D eigenvalue weighted by Crippen LogP contribution is -2.22. The lowest BCUT2D eigenvalue weighted by atomic mass is 10.2. The van der Waals surface area contributed by atoms with Gasteiger partial charge in [0.15, 0.2) is 29.0 Å². The van der Waals surface area contributed by atoms with E-state index in [4.69, 9.17) is 9.47 Å². The van der Waals surface area contributed by atoms with Crippen molar-refractivity contribution in [2.45, 2.75) is 0 Å². The molecule has 120 valence electrons. The van der Waals surface area contributed by atoms with Crippen LogP contribution in [-0.2, 0) is 4.79 Å². The van der Waals surface area contributed by atoms with Gasteiger partial charge in [-0.1, -0.05) is 0 Å². The van der Waals surface area contributed by atoms with Crippen LogP contribution >= 0.6 is 0 Å². The Hall–Kier alpha value is -2.90. The molecule has 0 saturated heterocycles. The van der Waals surface area contributed by atoms with Gasteiger partial charge in [-0.15, -0.1) is 0 Å². The molecule has 0 radical (unpaired) electrons. The van der Waals surface area contributed by atoms with Crippen molar-refractivity contribution in [2.24, 2.45) is 0 Å². The van der Waals surface area contributed by atoms with E-state index in [1.165, 1.54) is 0 Å². The monoisotopic (exact) mass is 324 g/mol. The van der Waals surface area contributed by atoms with Crippen molar-refractivity contribution in [3.05, 3.63) is 47.8 Å². The van der Waals surface area contributed by atoms with Crippen LogP contribution in [0.4, 0.5) is 24.5 Å². The molecule has 0 spiro atoms. The molecule has 2 aromatic rings. The van der Waals surface area contributed by atoms with E-state index in [-0.39, 0.29) is 13.3 Å². The summed E-state index contributed by atoms with van der Waals surface area (Å²) in [6, 6.07) is 6.69. The Balaban J connectivity index is 1.61. The molecule has 0 aliphatic carbocycles. The summed E-state index contributed by atoms with van der Waals surface area (Å²) in [5.41, 5.74) is 0.163.